The molecule has 4 rings (SSSR count). The maximum atomic E-state index is 14.1. The highest BCUT2D eigenvalue weighted by Crippen LogP contribution is 2.28. The lowest BCUT2D eigenvalue weighted by Crippen LogP contribution is -2.44. The molecule has 1 aliphatic rings. The molecule has 0 bridgehead atoms. The molecule has 1 atom stereocenters. The van der Waals surface area contributed by atoms with Crippen LogP contribution in [0.2, 0.25) is 0 Å². The van der Waals surface area contributed by atoms with Crippen molar-refractivity contribution in [3.63, 3.8) is 0 Å². The predicted molar refractivity (Wildman–Crippen MR) is 102 cm³/mol. The smallest absolute Gasteiger partial charge is 0.132 e. The van der Waals surface area contributed by atoms with E-state index in [0.717, 1.165) is 35.5 Å². The number of benzene rings is 2. The van der Waals surface area contributed by atoms with Crippen molar-refractivity contribution in [1.82, 2.24) is 4.57 Å². The monoisotopic (exact) mass is 354 g/mol. The van der Waals surface area contributed by atoms with Gasteiger partial charge >= 0.3 is 0 Å². The van der Waals surface area contributed by atoms with Gasteiger partial charge in [0.15, 0.2) is 0 Å². The Bertz CT molecular complexity index is 920. The maximum Gasteiger partial charge on any atom is 0.132 e. The van der Waals surface area contributed by atoms with E-state index in [0.29, 0.717) is 18.6 Å². The van der Waals surface area contributed by atoms with Crippen LogP contribution in [0.4, 0.5) is 10.1 Å². The van der Waals surface area contributed by atoms with Gasteiger partial charge in [-0.25, -0.2) is 4.39 Å². The first-order valence-electron chi connectivity index (χ1n) is 8.89. The molecule has 1 unspecified atom stereocenters. The number of hydrogen-bond acceptors (Lipinski definition) is 3. The van der Waals surface area contributed by atoms with Crippen molar-refractivity contribution >= 4 is 16.6 Å². The third kappa shape index (κ3) is 3.08. The Morgan fingerprint density at radius 2 is 2.04 bits per heavy atom. The van der Waals surface area contributed by atoms with E-state index in [-0.39, 0.29) is 11.9 Å². The van der Waals surface area contributed by atoms with E-state index in [4.69, 9.17) is 9.47 Å². The summed E-state index contributed by atoms with van der Waals surface area (Å²) < 4.78 is 27.2. The molecular formula is C21H23FN2O2. The van der Waals surface area contributed by atoms with Gasteiger partial charge in [0.05, 0.1) is 24.8 Å². The number of morpholine rings is 1. The number of ether oxygens (including phenoxy) is 2. The van der Waals surface area contributed by atoms with E-state index in [2.05, 4.69) is 27.7 Å². The molecule has 136 valence electrons. The van der Waals surface area contributed by atoms with Crippen LogP contribution in [-0.4, -0.2) is 44.1 Å². The number of aryl methyl sites for hydroxylation is 1. The quantitative estimate of drug-likeness (QED) is 0.710. The average Bonchev–Trinajstić information content (AvgIpc) is 3.12. The summed E-state index contributed by atoms with van der Waals surface area (Å²) in [6.45, 7) is 4.95. The lowest BCUT2D eigenvalue weighted by Gasteiger charge is -2.34. The van der Waals surface area contributed by atoms with E-state index < -0.39 is 0 Å². The van der Waals surface area contributed by atoms with Gasteiger partial charge in [-0.05, 0) is 42.8 Å². The van der Waals surface area contributed by atoms with Crippen LogP contribution in [0, 0.1) is 12.7 Å². The number of aromatic nitrogens is 1. The Morgan fingerprint density at radius 3 is 2.88 bits per heavy atom. The fraction of sp³-hybridized carbons (Fsp3) is 0.333. The highest BCUT2D eigenvalue weighted by atomic mass is 19.1. The van der Waals surface area contributed by atoms with Crippen molar-refractivity contribution in [3.8, 4) is 5.69 Å². The molecule has 2 aromatic carbocycles. The lowest BCUT2D eigenvalue weighted by atomic mass is 10.1. The summed E-state index contributed by atoms with van der Waals surface area (Å²) in [6, 6.07) is 13.6. The van der Waals surface area contributed by atoms with E-state index in [1.807, 2.05) is 31.3 Å². The summed E-state index contributed by atoms with van der Waals surface area (Å²) in [5, 5.41) is 0.655. The van der Waals surface area contributed by atoms with Crippen LogP contribution in [0.25, 0.3) is 16.6 Å². The zero-order valence-corrected chi connectivity index (χ0v) is 15.1. The van der Waals surface area contributed by atoms with Crippen molar-refractivity contribution < 1.29 is 13.9 Å². The number of rotatable bonds is 4. The van der Waals surface area contributed by atoms with Gasteiger partial charge in [-0.3, -0.25) is 0 Å². The number of anilines is 1. The fourth-order valence-electron chi connectivity index (χ4n) is 3.69. The van der Waals surface area contributed by atoms with Crippen molar-refractivity contribution in [2.45, 2.75) is 13.0 Å². The molecule has 26 heavy (non-hydrogen) atoms. The number of halogens is 1. The fourth-order valence-corrected chi connectivity index (χ4v) is 3.69. The third-order valence-electron chi connectivity index (χ3n) is 4.96. The zero-order chi connectivity index (χ0) is 18.1. The molecule has 4 nitrogen and oxygen atoms in total. The molecule has 3 aromatic rings. The highest BCUT2D eigenvalue weighted by molar-refractivity contribution is 5.85. The zero-order valence-electron chi connectivity index (χ0n) is 15.1. The van der Waals surface area contributed by atoms with Gasteiger partial charge in [0.2, 0.25) is 0 Å². The Morgan fingerprint density at radius 1 is 1.19 bits per heavy atom. The first-order chi connectivity index (χ1) is 12.7. The Labute approximate surface area is 152 Å². The van der Waals surface area contributed by atoms with Gasteiger partial charge in [-0.1, -0.05) is 12.1 Å². The van der Waals surface area contributed by atoms with E-state index >= 15 is 0 Å². The highest BCUT2D eigenvalue weighted by Gasteiger charge is 2.21. The molecule has 1 saturated heterocycles. The molecule has 0 saturated carbocycles. The first kappa shape index (κ1) is 17.1. The van der Waals surface area contributed by atoms with E-state index in [1.165, 1.54) is 6.07 Å². The van der Waals surface area contributed by atoms with Gasteiger partial charge in [-0.15, -0.1) is 0 Å². The van der Waals surface area contributed by atoms with Gasteiger partial charge in [-0.2, -0.15) is 0 Å². The van der Waals surface area contributed by atoms with Crippen molar-refractivity contribution in [2.75, 3.05) is 38.3 Å². The van der Waals surface area contributed by atoms with Crippen molar-refractivity contribution in [1.29, 1.82) is 0 Å². The molecule has 0 radical (unpaired) electrons. The van der Waals surface area contributed by atoms with E-state index in [9.17, 15) is 4.39 Å². The van der Waals surface area contributed by atoms with Gasteiger partial charge in [0, 0.05) is 43.2 Å². The minimum absolute atomic E-state index is 0.0844. The van der Waals surface area contributed by atoms with Gasteiger partial charge in [0.25, 0.3) is 0 Å². The standard InChI is InChI=1S/C21H23FN2O2/c1-15-6-7-20(22)19-8-9-24(21(15)19)17-5-3-4-16(12-17)23-10-11-26-18(13-23)14-25-2/h3-9,12,18H,10-11,13-14H2,1-2H3. The lowest BCUT2D eigenvalue weighted by molar-refractivity contribution is -0.0100. The Hall–Kier alpha value is -2.37. The first-order valence-corrected chi connectivity index (χ1v) is 8.89. The van der Waals surface area contributed by atoms with Crippen molar-refractivity contribution in [3.05, 3.63) is 60.0 Å². The number of fused-ring (bicyclic) bond motifs is 1. The van der Waals surface area contributed by atoms with Gasteiger partial charge < -0.3 is 18.9 Å². The number of nitrogens with zero attached hydrogens (tertiary/aromatic N) is 2. The number of hydrogen-bond donors (Lipinski definition) is 0. The Kier molecular flexibility index (Phi) is 4.66. The summed E-state index contributed by atoms with van der Waals surface area (Å²) in [7, 11) is 1.70. The van der Waals surface area contributed by atoms with Crippen LogP contribution in [-0.2, 0) is 9.47 Å². The second kappa shape index (κ2) is 7.09. The molecule has 0 spiro atoms. The third-order valence-corrected chi connectivity index (χ3v) is 4.96. The van der Waals surface area contributed by atoms with Gasteiger partial charge in [0.1, 0.15) is 5.82 Å². The van der Waals surface area contributed by atoms with Crippen molar-refractivity contribution in [2.24, 2.45) is 0 Å². The van der Waals surface area contributed by atoms with E-state index in [1.54, 1.807) is 7.11 Å². The van der Waals surface area contributed by atoms with Crippen LogP contribution in [0.3, 0.4) is 0 Å². The molecule has 5 heteroatoms. The van der Waals surface area contributed by atoms with Crippen LogP contribution >= 0.6 is 0 Å². The SMILES string of the molecule is COCC1CN(c2cccc(-n3ccc4c(F)ccc(C)c43)c2)CCO1. The molecule has 0 aliphatic carbocycles. The summed E-state index contributed by atoms with van der Waals surface area (Å²) in [6.07, 6.45) is 2.02. The minimum atomic E-state index is -0.184. The summed E-state index contributed by atoms with van der Waals surface area (Å²) in [5.74, 6) is -0.184. The Balaban J connectivity index is 1.70. The molecule has 2 heterocycles. The average molecular weight is 354 g/mol. The summed E-state index contributed by atoms with van der Waals surface area (Å²) in [5.41, 5.74) is 4.15. The maximum absolute atomic E-state index is 14.1. The van der Waals surface area contributed by atoms with Crippen LogP contribution in [0.1, 0.15) is 5.56 Å². The van der Waals surface area contributed by atoms with Crippen LogP contribution in [0.15, 0.2) is 48.7 Å². The largest absolute Gasteiger partial charge is 0.382 e. The summed E-state index contributed by atoms with van der Waals surface area (Å²) in [4.78, 5) is 2.32. The second-order valence-corrected chi connectivity index (χ2v) is 6.73. The second-order valence-electron chi connectivity index (χ2n) is 6.73. The van der Waals surface area contributed by atoms with Crippen LogP contribution < -0.4 is 4.90 Å². The predicted octanol–water partition coefficient (Wildman–Crippen LogP) is 3.93. The molecule has 1 aromatic heterocycles. The summed E-state index contributed by atoms with van der Waals surface area (Å²) >= 11 is 0. The topological polar surface area (TPSA) is 26.6 Å². The molecule has 0 amide bonds. The normalized spacial score (nSPS) is 17.8. The van der Waals surface area contributed by atoms with Crippen LogP contribution in [0.5, 0.6) is 0 Å². The number of methoxy groups -OCH3 is 1. The molecular weight excluding hydrogens is 331 g/mol. The molecule has 1 aliphatic heterocycles. The molecule has 0 N–H and O–H groups in total. The minimum Gasteiger partial charge on any atom is -0.382 e. The molecule has 1 fully saturated rings.